The average molecular weight is 350 g/mol. The van der Waals surface area contributed by atoms with Gasteiger partial charge in [-0.1, -0.05) is 34.1 Å². The number of hydrogen-bond acceptors (Lipinski definition) is 4. The summed E-state index contributed by atoms with van der Waals surface area (Å²) in [7, 11) is 1.81. The Morgan fingerprint density at radius 1 is 1.29 bits per heavy atom. The zero-order chi connectivity index (χ0) is 15.6. The number of carboxylic acid groups (broad SMARTS) is 1. The van der Waals surface area contributed by atoms with E-state index < -0.39 is 5.97 Å². The molecule has 2 rings (SSSR count). The quantitative estimate of drug-likeness (QED) is 0.917. The molecule has 0 fully saturated rings. The SMILES string of the molecule is Cc1nnc(N(C)Cc2ccccc2Br)c(C(=O)O)c1C. The van der Waals surface area contributed by atoms with Crippen LogP contribution < -0.4 is 4.90 Å². The maximum Gasteiger partial charge on any atom is 0.339 e. The molecule has 1 aromatic carbocycles. The third-order valence-electron chi connectivity index (χ3n) is 3.38. The molecule has 0 aliphatic heterocycles. The molecule has 21 heavy (non-hydrogen) atoms. The van der Waals surface area contributed by atoms with Gasteiger partial charge in [0.05, 0.1) is 5.69 Å². The number of benzene rings is 1. The summed E-state index contributed by atoms with van der Waals surface area (Å²) in [6, 6.07) is 7.81. The summed E-state index contributed by atoms with van der Waals surface area (Å²) >= 11 is 3.49. The summed E-state index contributed by atoms with van der Waals surface area (Å²) in [5.41, 5.74) is 2.53. The second-order valence-corrected chi connectivity index (χ2v) is 5.72. The lowest BCUT2D eigenvalue weighted by Crippen LogP contribution is -2.23. The second kappa shape index (κ2) is 6.22. The van der Waals surface area contributed by atoms with Crippen LogP contribution in [0.2, 0.25) is 0 Å². The fourth-order valence-electron chi connectivity index (χ4n) is 2.08. The van der Waals surface area contributed by atoms with Gasteiger partial charge in [0.25, 0.3) is 0 Å². The monoisotopic (exact) mass is 349 g/mol. The molecule has 5 nitrogen and oxygen atoms in total. The number of carboxylic acids is 1. The van der Waals surface area contributed by atoms with Crippen molar-refractivity contribution in [2.24, 2.45) is 0 Å². The Kier molecular flexibility index (Phi) is 4.57. The minimum atomic E-state index is -0.987. The molecular formula is C15H16BrN3O2. The van der Waals surface area contributed by atoms with E-state index in [1.165, 1.54) is 0 Å². The van der Waals surface area contributed by atoms with Crippen LogP contribution in [0, 0.1) is 13.8 Å². The van der Waals surface area contributed by atoms with Gasteiger partial charge in [-0.05, 0) is 31.0 Å². The first-order valence-corrected chi connectivity index (χ1v) is 7.22. The van der Waals surface area contributed by atoms with Crippen LogP contribution in [-0.4, -0.2) is 28.3 Å². The van der Waals surface area contributed by atoms with Crippen molar-refractivity contribution in [1.82, 2.24) is 10.2 Å². The summed E-state index contributed by atoms with van der Waals surface area (Å²) < 4.78 is 0.977. The normalized spacial score (nSPS) is 10.5. The third-order valence-corrected chi connectivity index (χ3v) is 4.15. The first kappa shape index (κ1) is 15.4. The Hall–Kier alpha value is -1.95. The molecule has 0 amide bonds. The number of rotatable bonds is 4. The zero-order valence-corrected chi connectivity index (χ0v) is 13.7. The maximum atomic E-state index is 11.5. The standard InChI is InChI=1S/C15H16BrN3O2/c1-9-10(2)17-18-14(13(9)15(20)21)19(3)8-11-6-4-5-7-12(11)16/h4-7H,8H2,1-3H3,(H,20,21). The minimum Gasteiger partial charge on any atom is -0.478 e. The number of carbonyl (C=O) groups is 1. The molecule has 0 atom stereocenters. The molecule has 0 aliphatic rings. The van der Waals surface area contributed by atoms with Gasteiger partial charge >= 0.3 is 5.97 Å². The van der Waals surface area contributed by atoms with E-state index in [1.807, 2.05) is 31.3 Å². The van der Waals surface area contributed by atoms with Crippen molar-refractivity contribution >= 4 is 27.7 Å². The summed E-state index contributed by atoms with van der Waals surface area (Å²) in [4.78, 5) is 13.3. The molecule has 1 N–H and O–H groups in total. The second-order valence-electron chi connectivity index (χ2n) is 4.86. The zero-order valence-electron chi connectivity index (χ0n) is 12.1. The van der Waals surface area contributed by atoms with E-state index in [1.54, 1.807) is 18.7 Å². The number of anilines is 1. The van der Waals surface area contributed by atoms with Crippen LogP contribution >= 0.6 is 15.9 Å². The number of aromatic nitrogens is 2. The van der Waals surface area contributed by atoms with Gasteiger partial charge in [0.15, 0.2) is 5.82 Å². The molecule has 0 radical (unpaired) electrons. The van der Waals surface area contributed by atoms with Crippen molar-refractivity contribution < 1.29 is 9.90 Å². The molecule has 0 bridgehead atoms. The molecule has 0 aliphatic carbocycles. The van der Waals surface area contributed by atoms with Crippen LogP contribution in [0.25, 0.3) is 0 Å². The summed E-state index contributed by atoms with van der Waals surface area (Å²) in [6.45, 7) is 4.05. The van der Waals surface area contributed by atoms with Crippen LogP contribution in [0.15, 0.2) is 28.7 Å². The Bertz CT molecular complexity index is 689. The van der Waals surface area contributed by atoms with Crippen molar-refractivity contribution in [2.75, 3.05) is 11.9 Å². The maximum absolute atomic E-state index is 11.5. The van der Waals surface area contributed by atoms with E-state index >= 15 is 0 Å². The van der Waals surface area contributed by atoms with Gasteiger partial charge in [-0.25, -0.2) is 4.79 Å². The highest BCUT2D eigenvalue weighted by Gasteiger charge is 2.20. The number of nitrogens with zero attached hydrogens (tertiary/aromatic N) is 3. The van der Waals surface area contributed by atoms with Gasteiger partial charge in [0, 0.05) is 18.1 Å². The van der Waals surface area contributed by atoms with E-state index in [4.69, 9.17) is 0 Å². The molecule has 2 aromatic rings. The number of aromatic carboxylic acids is 1. The van der Waals surface area contributed by atoms with Crippen molar-refractivity contribution in [1.29, 1.82) is 0 Å². The lowest BCUT2D eigenvalue weighted by molar-refractivity contribution is 0.0696. The van der Waals surface area contributed by atoms with Gasteiger partial charge < -0.3 is 10.0 Å². The largest absolute Gasteiger partial charge is 0.478 e. The van der Waals surface area contributed by atoms with E-state index in [-0.39, 0.29) is 5.56 Å². The molecule has 0 saturated heterocycles. The van der Waals surface area contributed by atoms with Crippen LogP contribution in [0.4, 0.5) is 5.82 Å². The molecular weight excluding hydrogens is 334 g/mol. The van der Waals surface area contributed by atoms with Crippen LogP contribution in [0.3, 0.4) is 0 Å². The predicted octanol–water partition coefficient (Wildman–Crippen LogP) is 3.19. The Morgan fingerprint density at radius 3 is 2.57 bits per heavy atom. The fourth-order valence-corrected chi connectivity index (χ4v) is 2.49. The summed E-state index contributed by atoms with van der Waals surface area (Å²) in [5.74, 6) is -0.610. The Labute approximate surface area is 131 Å². The molecule has 110 valence electrons. The van der Waals surface area contributed by atoms with Crippen LogP contribution in [-0.2, 0) is 6.54 Å². The first-order chi connectivity index (χ1) is 9.91. The summed E-state index contributed by atoms with van der Waals surface area (Å²) in [5, 5.41) is 17.5. The van der Waals surface area contributed by atoms with Gasteiger partial charge in [-0.3, -0.25) is 0 Å². The predicted molar refractivity (Wildman–Crippen MR) is 84.7 cm³/mol. The van der Waals surface area contributed by atoms with Crippen LogP contribution in [0.5, 0.6) is 0 Å². The third kappa shape index (κ3) is 3.21. The first-order valence-electron chi connectivity index (χ1n) is 6.43. The van der Waals surface area contributed by atoms with E-state index in [9.17, 15) is 9.90 Å². The van der Waals surface area contributed by atoms with Crippen molar-refractivity contribution in [2.45, 2.75) is 20.4 Å². The molecule has 0 spiro atoms. The molecule has 0 unspecified atom stereocenters. The number of hydrogen-bond donors (Lipinski definition) is 1. The Balaban J connectivity index is 2.40. The van der Waals surface area contributed by atoms with Crippen molar-refractivity contribution in [3.63, 3.8) is 0 Å². The Morgan fingerprint density at radius 2 is 1.95 bits per heavy atom. The van der Waals surface area contributed by atoms with E-state index in [2.05, 4.69) is 26.1 Å². The molecule has 1 aromatic heterocycles. The van der Waals surface area contributed by atoms with E-state index in [0.29, 0.717) is 23.6 Å². The number of halogens is 1. The van der Waals surface area contributed by atoms with Gasteiger partial charge in [0.1, 0.15) is 5.56 Å². The van der Waals surface area contributed by atoms with E-state index in [0.717, 1.165) is 10.0 Å². The highest BCUT2D eigenvalue weighted by atomic mass is 79.9. The van der Waals surface area contributed by atoms with Gasteiger partial charge in [0.2, 0.25) is 0 Å². The van der Waals surface area contributed by atoms with Gasteiger partial charge in [-0.2, -0.15) is 5.10 Å². The molecule has 6 heteroatoms. The minimum absolute atomic E-state index is 0.206. The molecule has 1 heterocycles. The van der Waals surface area contributed by atoms with Gasteiger partial charge in [-0.15, -0.1) is 5.10 Å². The molecule has 0 saturated carbocycles. The average Bonchev–Trinajstić information content (AvgIpc) is 2.43. The smallest absolute Gasteiger partial charge is 0.339 e. The number of aryl methyl sites for hydroxylation is 1. The lowest BCUT2D eigenvalue weighted by atomic mass is 10.1. The topological polar surface area (TPSA) is 66.3 Å². The van der Waals surface area contributed by atoms with Crippen molar-refractivity contribution in [3.8, 4) is 0 Å². The fraction of sp³-hybridized carbons (Fsp3) is 0.267. The van der Waals surface area contributed by atoms with Crippen LogP contribution in [0.1, 0.15) is 27.2 Å². The highest BCUT2D eigenvalue weighted by Crippen LogP contribution is 2.24. The summed E-state index contributed by atoms with van der Waals surface area (Å²) in [6.07, 6.45) is 0. The lowest BCUT2D eigenvalue weighted by Gasteiger charge is -2.21. The van der Waals surface area contributed by atoms with Crippen molar-refractivity contribution in [3.05, 3.63) is 51.1 Å². The highest BCUT2D eigenvalue weighted by molar-refractivity contribution is 9.10.